The Kier molecular flexibility index (Phi) is 4.17. The number of nitrogens with zero attached hydrogens (tertiary/aromatic N) is 1. The van der Waals surface area contributed by atoms with Crippen LogP contribution in [0.5, 0.6) is 0 Å². The molecule has 0 saturated carbocycles. The van der Waals surface area contributed by atoms with Crippen LogP contribution in [0.15, 0.2) is 24.3 Å². The van der Waals surface area contributed by atoms with E-state index < -0.39 is 5.92 Å². The Bertz CT molecular complexity index is 432. The summed E-state index contributed by atoms with van der Waals surface area (Å²) in [5, 5.41) is 0. The van der Waals surface area contributed by atoms with Gasteiger partial charge in [0, 0.05) is 31.5 Å². The second-order valence-corrected chi connectivity index (χ2v) is 5.10. The van der Waals surface area contributed by atoms with Gasteiger partial charge in [0.1, 0.15) is 0 Å². The first-order valence-electron chi connectivity index (χ1n) is 6.78. The number of benzene rings is 1. The third-order valence-electron chi connectivity index (χ3n) is 3.52. The lowest BCUT2D eigenvalue weighted by Crippen LogP contribution is -2.42. The molecule has 1 fully saturated rings. The molecule has 1 aromatic carbocycles. The van der Waals surface area contributed by atoms with Crippen molar-refractivity contribution in [3.63, 3.8) is 0 Å². The number of piperidine rings is 1. The zero-order valence-corrected chi connectivity index (χ0v) is 11.2. The first kappa shape index (κ1) is 14.0. The molecule has 0 aliphatic carbocycles. The largest absolute Gasteiger partial charge is 0.338 e. The fourth-order valence-corrected chi connectivity index (χ4v) is 2.32. The highest BCUT2D eigenvalue weighted by atomic mass is 19.3. The fraction of sp³-hybridized carbons (Fsp3) is 0.533. The fourth-order valence-electron chi connectivity index (χ4n) is 2.32. The van der Waals surface area contributed by atoms with Gasteiger partial charge < -0.3 is 4.90 Å². The van der Waals surface area contributed by atoms with Gasteiger partial charge in [0.05, 0.1) is 0 Å². The minimum absolute atomic E-state index is 0.140. The quantitative estimate of drug-likeness (QED) is 0.820. The van der Waals surface area contributed by atoms with Crippen LogP contribution in [0.1, 0.15) is 42.1 Å². The van der Waals surface area contributed by atoms with Crippen LogP contribution in [0.3, 0.4) is 0 Å². The number of halogens is 2. The van der Waals surface area contributed by atoms with Crippen LogP contribution in [0.25, 0.3) is 0 Å². The highest BCUT2D eigenvalue weighted by molar-refractivity contribution is 5.94. The second kappa shape index (κ2) is 5.68. The van der Waals surface area contributed by atoms with Gasteiger partial charge >= 0.3 is 0 Å². The molecule has 19 heavy (non-hydrogen) atoms. The molecule has 0 bridgehead atoms. The second-order valence-electron chi connectivity index (χ2n) is 5.10. The van der Waals surface area contributed by atoms with Crippen molar-refractivity contribution >= 4 is 5.91 Å². The molecule has 1 aromatic rings. The van der Waals surface area contributed by atoms with Crippen LogP contribution in [0, 0.1) is 0 Å². The summed E-state index contributed by atoms with van der Waals surface area (Å²) >= 11 is 0. The highest BCUT2D eigenvalue weighted by Crippen LogP contribution is 2.28. The van der Waals surface area contributed by atoms with Crippen LogP contribution < -0.4 is 0 Å². The molecule has 1 saturated heterocycles. The van der Waals surface area contributed by atoms with Gasteiger partial charge in [0.15, 0.2) is 0 Å². The SMILES string of the molecule is CCCc1ccc(C(=O)N2CCC(F)(F)CC2)cc1. The standard InChI is InChI=1S/C15H19F2NO/c1-2-3-12-4-6-13(7-5-12)14(19)18-10-8-15(16,17)9-11-18/h4-7H,2-3,8-11H2,1H3. The molecular weight excluding hydrogens is 248 g/mol. The Morgan fingerprint density at radius 2 is 1.79 bits per heavy atom. The van der Waals surface area contributed by atoms with Crippen molar-refractivity contribution in [3.8, 4) is 0 Å². The molecule has 0 aromatic heterocycles. The number of likely N-dealkylation sites (tertiary alicyclic amines) is 1. The lowest BCUT2D eigenvalue weighted by molar-refractivity contribution is -0.0494. The van der Waals surface area contributed by atoms with Gasteiger partial charge in [-0.25, -0.2) is 8.78 Å². The van der Waals surface area contributed by atoms with E-state index in [1.54, 1.807) is 12.1 Å². The van der Waals surface area contributed by atoms with E-state index in [0.717, 1.165) is 12.8 Å². The molecule has 2 rings (SSSR count). The van der Waals surface area contributed by atoms with Crippen molar-refractivity contribution in [2.45, 2.75) is 38.5 Å². The van der Waals surface area contributed by atoms with Crippen molar-refractivity contribution in [3.05, 3.63) is 35.4 Å². The average molecular weight is 267 g/mol. The Balaban J connectivity index is 2.00. The van der Waals surface area contributed by atoms with Gasteiger partial charge in [-0.3, -0.25) is 4.79 Å². The maximum atomic E-state index is 13.0. The Morgan fingerprint density at radius 1 is 1.21 bits per heavy atom. The monoisotopic (exact) mass is 267 g/mol. The molecule has 104 valence electrons. The van der Waals surface area contributed by atoms with E-state index in [-0.39, 0.29) is 31.8 Å². The smallest absolute Gasteiger partial charge is 0.253 e. The minimum Gasteiger partial charge on any atom is -0.338 e. The van der Waals surface area contributed by atoms with Gasteiger partial charge in [-0.05, 0) is 24.1 Å². The third kappa shape index (κ3) is 3.52. The van der Waals surface area contributed by atoms with Crippen LogP contribution >= 0.6 is 0 Å². The van der Waals surface area contributed by atoms with E-state index in [1.165, 1.54) is 10.5 Å². The zero-order chi connectivity index (χ0) is 13.9. The molecule has 0 unspecified atom stereocenters. The van der Waals surface area contributed by atoms with Gasteiger partial charge in [0.2, 0.25) is 0 Å². The summed E-state index contributed by atoms with van der Waals surface area (Å²) in [7, 11) is 0. The average Bonchev–Trinajstić information content (AvgIpc) is 2.39. The first-order valence-corrected chi connectivity index (χ1v) is 6.78. The Hall–Kier alpha value is -1.45. The van der Waals surface area contributed by atoms with Crippen molar-refractivity contribution in [1.29, 1.82) is 0 Å². The summed E-state index contributed by atoms with van der Waals surface area (Å²) in [5.41, 5.74) is 1.79. The number of rotatable bonds is 3. The summed E-state index contributed by atoms with van der Waals surface area (Å²) < 4.78 is 26.1. The van der Waals surface area contributed by atoms with Gasteiger partial charge in [0.25, 0.3) is 11.8 Å². The first-order chi connectivity index (χ1) is 9.02. The van der Waals surface area contributed by atoms with Crippen LogP contribution in [-0.2, 0) is 6.42 Å². The molecule has 2 nitrogen and oxygen atoms in total. The van der Waals surface area contributed by atoms with Gasteiger partial charge in [-0.15, -0.1) is 0 Å². The maximum absolute atomic E-state index is 13.0. The number of amides is 1. The molecule has 0 radical (unpaired) electrons. The molecule has 0 atom stereocenters. The summed E-state index contributed by atoms with van der Waals surface area (Å²) in [6, 6.07) is 7.46. The number of aryl methyl sites for hydroxylation is 1. The minimum atomic E-state index is -2.61. The zero-order valence-electron chi connectivity index (χ0n) is 11.2. The van der Waals surface area contributed by atoms with E-state index in [1.807, 2.05) is 12.1 Å². The van der Waals surface area contributed by atoms with E-state index in [2.05, 4.69) is 6.92 Å². The Morgan fingerprint density at radius 3 is 2.32 bits per heavy atom. The number of carbonyl (C=O) groups excluding carboxylic acids is 1. The molecule has 1 aliphatic heterocycles. The van der Waals surface area contributed by atoms with E-state index in [9.17, 15) is 13.6 Å². The lowest BCUT2D eigenvalue weighted by Gasteiger charge is -2.31. The predicted octanol–water partition coefficient (Wildman–Crippen LogP) is 3.51. The van der Waals surface area contributed by atoms with Crippen LogP contribution in [-0.4, -0.2) is 29.8 Å². The summed E-state index contributed by atoms with van der Waals surface area (Å²) in [6.07, 6.45) is 1.60. The summed E-state index contributed by atoms with van der Waals surface area (Å²) in [6.45, 7) is 2.39. The van der Waals surface area contributed by atoms with Crippen molar-refractivity contribution < 1.29 is 13.6 Å². The lowest BCUT2D eigenvalue weighted by atomic mass is 10.0. The van der Waals surface area contributed by atoms with Crippen LogP contribution in [0.2, 0.25) is 0 Å². The highest BCUT2D eigenvalue weighted by Gasteiger charge is 2.35. The predicted molar refractivity (Wildman–Crippen MR) is 70.5 cm³/mol. The topological polar surface area (TPSA) is 20.3 Å². The maximum Gasteiger partial charge on any atom is 0.253 e. The number of alkyl halides is 2. The van der Waals surface area contributed by atoms with Crippen molar-refractivity contribution in [2.75, 3.05) is 13.1 Å². The molecular formula is C15H19F2NO. The number of carbonyl (C=O) groups is 1. The molecule has 1 aliphatic rings. The van der Waals surface area contributed by atoms with Crippen molar-refractivity contribution in [1.82, 2.24) is 4.90 Å². The summed E-state index contributed by atoms with van der Waals surface area (Å²) in [5.74, 6) is -2.75. The van der Waals surface area contributed by atoms with Crippen LogP contribution in [0.4, 0.5) is 8.78 Å². The molecule has 1 heterocycles. The summed E-state index contributed by atoms with van der Waals surface area (Å²) in [4.78, 5) is 13.7. The molecule has 0 N–H and O–H groups in total. The van der Waals surface area contributed by atoms with E-state index in [4.69, 9.17) is 0 Å². The van der Waals surface area contributed by atoms with Gasteiger partial charge in [-0.1, -0.05) is 25.5 Å². The molecule has 4 heteroatoms. The molecule has 1 amide bonds. The van der Waals surface area contributed by atoms with Gasteiger partial charge in [-0.2, -0.15) is 0 Å². The van der Waals surface area contributed by atoms with Crippen molar-refractivity contribution in [2.24, 2.45) is 0 Å². The Labute approximate surface area is 112 Å². The van der Waals surface area contributed by atoms with E-state index >= 15 is 0 Å². The number of hydrogen-bond acceptors (Lipinski definition) is 1. The third-order valence-corrected chi connectivity index (χ3v) is 3.52. The van der Waals surface area contributed by atoms with E-state index in [0.29, 0.717) is 5.56 Å². The molecule has 0 spiro atoms. The number of hydrogen-bond donors (Lipinski definition) is 0. The normalized spacial score (nSPS) is 18.4.